The summed E-state index contributed by atoms with van der Waals surface area (Å²) < 4.78 is 52.0. The molecule has 3 aromatic rings. The van der Waals surface area contributed by atoms with Gasteiger partial charge in [0.2, 0.25) is 0 Å². The number of ether oxygens (including phenoxy) is 2. The number of carbonyl (C=O) groups excluding carboxylic acids is 2. The van der Waals surface area contributed by atoms with Gasteiger partial charge in [0.15, 0.2) is 0 Å². The van der Waals surface area contributed by atoms with Crippen LogP contribution in [-0.2, 0) is 15.7 Å². The summed E-state index contributed by atoms with van der Waals surface area (Å²) in [6, 6.07) is 15.4. The molecule has 2 aromatic carbocycles. The second-order valence-electron chi connectivity index (χ2n) is 10.7. The molecule has 3 rings (SSSR count). The number of hydrogen-bond donors (Lipinski definition) is 1. The van der Waals surface area contributed by atoms with E-state index in [-0.39, 0.29) is 42.2 Å². The van der Waals surface area contributed by atoms with E-state index in [1.54, 1.807) is 69.4 Å². The molecule has 220 valence electrons. The second kappa shape index (κ2) is 14.1. The molecule has 6 nitrogen and oxygen atoms in total. The zero-order valence-electron chi connectivity index (χ0n) is 23.9. The van der Waals surface area contributed by atoms with Crippen molar-refractivity contribution in [3.63, 3.8) is 0 Å². The molecule has 0 bridgehead atoms. The third kappa shape index (κ3) is 9.92. The molecular weight excluding hydrogens is 533 g/mol. The van der Waals surface area contributed by atoms with Crippen LogP contribution in [0, 0.1) is 0 Å². The van der Waals surface area contributed by atoms with Gasteiger partial charge in [-0.2, -0.15) is 13.2 Å². The lowest BCUT2D eigenvalue weighted by Gasteiger charge is -2.20. The van der Waals surface area contributed by atoms with Gasteiger partial charge in [0.1, 0.15) is 17.5 Å². The van der Waals surface area contributed by atoms with Crippen molar-refractivity contribution in [3.05, 3.63) is 83.6 Å². The fraction of sp³-hybridized carbons (Fsp3) is 0.406. The SMILES string of the molecule is CCCCC[C@@H](Oc1ccc(C(=O)NCCC(=O)OC(C)(C)C)cc1)c1ccc(-c2ccccc2C(F)(F)F)nc1. The average molecular weight is 571 g/mol. The molecule has 1 atom stereocenters. The van der Waals surface area contributed by atoms with E-state index in [2.05, 4.69) is 17.2 Å². The highest BCUT2D eigenvalue weighted by atomic mass is 19.4. The maximum absolute atomic E-state index is 13.5. The molecule has 0 radical (unpaired) electrons. The van der Waals surface area contributed by atoms with E-state index >= 15 is 0 Å². The van der Waals surface area contributed by atoms with Crippen LogP contribution in [0.25, 0.3) is 11.3 Å². The molecule has 0 aliphatic rings. The van der Waals surface area contributed by atoms with Crippen LogP contribution in [0.1, 0.15) is 87.4 Å². The van der Waals surface area contributed by atoms with E-state index < -0.39 is 17.3 Å². The lowest BCUT2D eigenvalue weighted by atomic mass is 10.0. The smallest absolute Gasteiger partial charge is 0.417 e. The predicted molar refractivity (Wildman–Crippen MR) is 151 cm³/mol. The van der Waals surface area contributed by atoms with Crippen molar-refractivity contribution in [2.24, 2.45) is 0 Å². The van der Waals surface area contributed by atoms with Crippen molar-refractivity contribution in [1.82, 2.24) is 10.3 Å². The molecule has 1 amide bonds. The number of unbranched alkanes of at least 4 members (excludes halogenated alkanes) is 2. The van der Waals surface area contributed by atoms with Crippen LogP contribution in [0.3, 0.4) is 0 Å². The first-order chi connectivity index (χ1) is 19.4. The van der Waals surface area contributed by atoms with Crippen molar-refractivity contribution >= 4 is 11.9 Å². The molecule has 0 fully saturated rings. The zero-order chi connectivity index (χ0) is 30.0. The summed E-state index contributed by atoms with van der Waals surface area (Å²) >= 11 is 0. The van der Waals surface area contributed by atoms with Gasteiger partial charge in [0.25, 0.3) is 5.91 Å². The zero-order valence-corrected chi connectivity index (χ0v) is 23.9. The number of nitrogens with one attached hydrogen (secondary N) is 1. The molecule has 0 spiro atoms. The standard InChI is InChI=1S/C32H37F3N2O4/c1-5-6-7-12-28(23-15-18-27(37-21-23)25-10-8-9-11-26(25)32(33,34)35)40-24-16-13-22(14-17-24)30(39)36-20-19-29(38)41-31(2,3)4/h8-11,13-18,21,28H,5-7,12,19-20H2,1-4H3,(H,36,39)/t28-/m1/s1. The first-order valence-corrected chi connectivity index (χ1v) is 13.8. The minimum absolute atomic E-state index is 0.0231. The van der Waals surface area contributed by atoms with E-state index in [9.17, 15) is 22.8 Å². The predicted octanol–water partition coefficient (Wildman–Crippen LogP) is 7.93. The van der Waals surface area contributed by atoms with E-state index in [1.807, 2.05) is 0 Å². The Morgan fingerprint density at radius 2 is 1.66 bits per heavy atom. The van der Waals surface area contributed by atoms with Gasteiger partial charge in [-0.3, -0.25) is 14.6 Å². The van der Waals surface area contributed by atoms with Gasteiger partial charge < -0.3 is 14.8 Å². The van der Waals surface area contributed by atoms with Crippen molar-refractivity contribution in [2.45, 2.75) is 77.7 Å². The summed E-state index contributed by atoms with van der Waals surface area (Å²) in [7, 11) is 0. The molecule has 0 saturated heterocycles. The van der Waals surface area contributed by atoms with Gasteiger partial charge >= 0.3 is 12.1 Å². The van der Waals surface area contributed by atoms with E-state index in [1.165, 1.54) is 12.1 Å². The molecule has 0 saturated carbocycles. The normalized spacial score (nSPS) is 12.5. The summed E-state index contributed by atoms with van der Waals surface area (Å²) in [5.74, 6) is -0.162. The topological polar surface area (TPSA) is 77.5 Å². The molecule has 1 N–H and O–H groups in total. The number of pyridine rings is 1. The Kier molecular flexibility index (Phi) is 10.9. The van der Waals surface area contributed by atoms with Crippen LogP contribution in [-0.4, -0.2) is 29.0 Å². The fourth-order valence-electron chi connectivity index (χ4n) is 4.20. The molecule has 0 aliphatic carbocycles. The van der Waals surface area contributed by atoms with Crippen LogP contribution in [0.5, 0.6) is 5.75 Å². The summed E-state index contributed by atoms with van der Waals surface area (Å²) in [6.07, 6.45) is 0.407. The Hall–Kier alpha value is -3.88. The number of aromatic nitrogens is 1. The number of hydrogen-bond acceptors (Lipinski definition) is 5. The molecule has 0 aliphatic heterocycles. The van der Waals surface area contributed by atoms with Crippen molar-refractivity contribution in [1.29, 1.82) is 0 Å². The minimum Gasteiger partial charge on any atom is -0.486 e. The van der Waals surface area contributed by atoms with E-state index in [4.69, 9.17) is 9.47 Å². The summed E-state index contributed by atoms with van der Waals surface area (Å²) in [4.78, 5) is 28.7. The minimum atomic E-state index is -4.48. The molecule has 0 unspecified atom stereocenters. The van der Waals surface area contributed by atoms with Crippen LogP contribution in [0.2, 0.25) is 0 Å². The summed E-state index contributed by atoms with van der Waals surface area (Å²) in [5.41, 5.74) is 0.106. The van der Waals surface area contributed by atoms with Gasteiger partial charge in [-0.05, 0) is 70.0 Å². The Labute approximate surface area is 239 Å². The van der Waals surface area contributed by atoms with Gasteiger partial charge in [-0.25, -0.2) is 0 Å². The van der Waals surface area contributed by atoms with E-state index in [0.717, 1.165) is 30.9 Å². The number of carbonyl (C=O) groups is 2. The lowest BCUT2D eigenvalue weighted by molar-refractivity contribution is -0.154. The summed E-state index contributed by atoms with van der Waals surface area (Å²) in [6.45, 7) is 7.60. The van der Waals surface area contributed by atoms with E-state index in [0.29, 0.717) is 17.7 Å². The largest absolute Gasteiger partial charge is 0.486 e. The Morgan fingerprint density at radius 3 is 2.27 bits per heavy atom. The maximum Gasteiger partial charge on any atom is 0.417 e. The highest BCUT2D eigenvalue weighted by molar-refractivity contribution is 5.94. The first-order valence-electron chi connectivity index (χ1n) is 13.8. The number of benzene rings is 2. The molecule has 41 heavy (non-hydrogen) atoms. The van der Waals surface area contributed by atoms with Crippen molar-refractivity contribution < 1.29 is 32.2 Å². The van der Waals surface area contributed by atoms with Gasteiger partial charge in [0, 0.05) is 29.4 Å². The van der Waals surface area contributed by atoms with Crippen LogP contribution < -0.4 is 10.1 Å². The fourth-order valence-corrected chi connectivity index (χ4v) is 4.20. The third-order valence-electron chi connectivity index (χ3n) is 6.17. The van der Waals surface area contributed by atoms with Gasteiger partial charge in [-0.1, -0.05) is 44.0 Å². The Balaban J connectivity index is 1.68. The second-order valence-corrected chi connectivity index (χ2v) is 10.7. The third-order valence-corrected chi connectivity index (χ3v) is 6.17. The number of nitrogens with zero attached hydrogens (tertiary/aromatic N) is 1. The molecule has 1 heterocycles. The maximum atomic E-state index is 13.5. The van der Waals surface area contributed by atoms with Gasteiger partial charge in [0.05, 0.1) is 17.7 Å². The number of alkyl halides is 3. The van der Waals surface area contributed by atoms with Crippen molar-refractivity contribution in [3.8, 4) is 17.0 Å². The number of esters is 1. The number of rotatable bonds is 12. The van der Waals surface area contributed by atoms with Crippen LogP contribution in [0.15, 0.2) is 66.9 Å². The average Bonchev–Trinajstić information content (AvgIpc) is 2.91. The van der Waals surface area contributed by atoms with Crippen LogP contribution in [0.4, 0.5) is 13.2 Å². The lowest BCUT2D eigenvalue weighted by Crippen LogP contribution is -2.29. The highest BCUT2D eigenvalue weighted by Crippen LogP contribution is 2.36. The quantitative estimate of drug-likeness (QED) is 0.177. The first kappa shape index (κ1) is 31.6. The monoisotopic (exact) mass is 570 g/mol. The van der Waals surface area contributed by atoms with Crippen LogP contribution >= 0.6 is 0 Å². The summed E-state index contributed by atoms with van der Waals surface area (Å²) in [5, 5.41) is 2.71. The Morgan fingerprint density at radius 1 is 0.951 bits per heavy atom. The molecule has 1 aromatic heterocycles. The number of halogens is 3. The van der Waals surface area contributed by atoms with Crippen molar-refractivity contribution in [2.75, 3.05) is 6.54 Å². The molecule has 9 heteroatoms. The number of amides is 1. The Bertz CT molecular complexity index is 1280. The van der Waals surface area contributed by atoms with Gasteiger partial charge in [-0.15, -0.1) is 0 Å². The molecular formula is C32H37F3N2O4. The highest BCUT2D eigenvalue weighted by Gasteiger charge is 2.33.